The molecule has 1 aromatic rings. The highest BCUT2D eigenvalue weighted by molar-refractivity contribution is 6.32. The summed E-state index contributed by atoms with van der Waals surface area (Å²) in [6, 6.07) is 0.115. The molecule has 9 nitrogen and oxygen atoms in total. The number of halogens is 4. The van der Waals surface area contributed by atoms with Crippen molar-refractivity contribution >= 4 is 29.1 Å². The molecule has 2 aliphatic rings. The van der Waals surface area contributed by atoms with Crippen molar-refractivity contribution in [3.05, 3.63) is 69.2 Å². The number of amides is 1. The van der Waals surface area contributed by atoms with Gasteiger partial charge in [-0.25, -0.2) is 4.79 Å². The molecule has 0 spiro atoms. The average Bonchev–Trinajstić information content (AvgIpc) is 2.91. The summed E-state index contributed by atoms with van der Waals surface area (Å²) in [5.74, 6) is -1.50. The van der Waals surface area contributed by atoms with E-state index >= 15 is 0 Å². The van der Waals surface area contributed by atoms with Crippen LogP contribution in [0.4, 0.5) is 13.2 Å². The number of methoxy groups -OCH3 is 1. The van der Waals surface area contributed by atoms with Crippen LogP contribution in [0.5, 0.6) is 5.75 Å². The summed E-state index contributed by atoms with van der Waals surface area (Å²) in [5, 5.41) is 12.4. The third-order valence-electron chi connectivity index (χ3n) is 7.16. The number of nitrogens with one attached hydrogen (secondary N) is 1. The van der Waals surface area contributed by atoms with E-state index in [1.807, 2.05) is 13.8 Å². The van der Waals surface area contributed by atoms with Crippen LogP contribution in [0.1, 0.15) is 58.6 Å². The summed E-state index contributed by atoms with van der Waals surface area (Å²) >= 11 is 6.23. The number of pyridine rings is 1. The summed E-state index contributed by atoms with van der Waals surface area (Å²) in [6.45, 7) is 5.47. The zero-order valence-corrected chi connectivity index (χ0v) is 25.3. The van der Waals surface area contributed by atoms with Crippen molar-refractivity contribution in [2.75, 3.05) is 20.3 Å². The molecule has 0 saturated heterocycles. The van der Waals surface area contributed by atoms with Gasteiger partial charge < -0.3 is 24.6 Å². The van der Waals surface area contributed by atoms with Crippen LogP contribution in [0.3, 0.4) is 0 Å². The number of carboxylic acids is 1. The molecule has 0 fully saturated rings. The molecule has 3 atom stereocenters. The molecule has 1 heterocycles. The van der Waals surface area contributed by atoms with Gasteiger partial charge in [-0.2, -0.15) is 13.2 Å². The van der Waals surface area contributed by atoms with E-state index in [0.717, 1.165) is 0 Å². The van der Waals surface area contributed by atoms with Crippen LogP contribution in [0.25, 0.3) is 5.57 Å². The minimum Gasteiger partial charge on any atom is -0.495 e. The first-order valence-electron chi connectivity index (χ1n) is 13.6. The summed E-state index contributed by atoms with van der Waals surface area (Å²) in [6.07, 6.45) is 4.38. The molecule has 0 aliphatic heterocycles. The second kappa shape index (κ2) is 13.5. The summed E-state index contributed by atoms with van der Waals surface area (Å²) < 4.78 is 56.9. The Morgan fingerprint density at radius 1 is 1.21 bits per heavy atom. The topological polar surface area (TPSA) is 116 Å². The van der Waals surface area contributed by atoms with Crippen molar-refractivity contribution < 1.29 is 42.1 Å². The largest absolute Gasteiger partial charge is 0.495 e. The number of aromatic nitrogens is 1. The lowest BCUT2D eigenvalue weighted by Crippen LogP contribution is -2.49. The molecule has 0 saturated carbocycles. The molecule has 13 heteroatoms. The molecule has 1 amide bonds. The monoisotopic (exact) mass is 628 g/mol. The van der Waals surface area contributed by atoms with Crippen molar-refractivity contribution in [1.29, 1.82) is 0 Å². The zero-order chi connectivity index (χ0) is 32.2. The van der Waals surface area contributed by atoms with Crippen molar-refractivity contribution in [3.63, 3.8) is 0 Å². The molecule has 2 N–H and O–H groups in total. The van der Waals surface area contributed by atoms with Gasteiger partial charge in [0, 0.05) is 36.1 Å². The van der Waals surface area contributed by atoms with Gasteiger partial charge in [0.05, 0.1) is 36.1 Å². The van der Waals surface area contributed by atoms with Crippen LogP contribution in [-0.4, -0.2) is 65.3 Å². The van der Waals surface area contributed by atoms with Gasteiger partial charge in [0.1, 0.15) is 18.4 Å². The van der Waals surface area contributed by atoms with E-state index in [1.165, 1.54) is 55.2 Å². The predicted octanol–water partition coefficient (Wildman–Crippen LogP) is 5.31. The maximum atomic E-state index is 13.7. The van der Waals surface area contributed by atoms with E-state index in [1.54, 1.807) is 13.0 Å². The van der Waals surface area contributed by atoms with Gasteiger partial charge in [0.25, 0.3) is 5.56 Å². The highest BCUT2D eigenvalue weighted by atomic mass is 35.5. The Hall–Kier alpha value is -3.35. The standard InChI is InChI=1S/C30H36ClF3N2O7/c1-18(2)42-13-9-23(26(38)35-28(3)10-6-19(7-11-28)27(39)40)36-16-24(41-5)21(15-25(36)37)22-14-20(31)8-12-29(22,4)43-17-30(32,33)34/h6-8,10,14-16,18,23H,9,11-13,17H2,1-5H3,(H,35,38)(H,39,40). The van der Waals surface area contributed by atoms with E-state index in [0.29, 0.717) is 0 Å². The van der Waals surface area contributed by atoms with Crippen LogP contribution in [0.15, 0.2) is 58.0 Å². The molecular weight excluding hydrogens is 593 g/mol. The Kier molecular flexibility index (Phi) is 10.7. The number of ether oxygens (including phenoxy) is 3. The van der Waals surface area contributed by atoms with Gasteiger partial charge in [-0.1, -0.05) is 29.8 Å². The van der Waals surface area contributed by atoms with Gasteiger partial charge in [-0.05, 0) is 51.8 Å². The first kappa shape index (κ1) is 34.1. The Morgan fingerprint density at radius 3 is 2.47 bits per heavy atom. The first-order valence-corrected chi connectivity index (χ1v) is 14.0. The fourth-order valence-corrected chi connectivity index (χ4v) is 4.98. The molecule has 3 unspecified atom stereocenters. The zero-order valence-electron chi connectivity index (χ0n) is 24.6. The number of rotatable bonds is 12. The Bertz CT molecular complexity index is 1410. The second-order valence-electron chi connectivity index (χ2n) is 11.1. The predicted molar refractivity (Wildman–Crippen MR) is 155 cm³/mol. The maximum Gasteiger partial charge on any atom is 0.411 e. The van der Waals surface area contributed by atoms with E-state index in [-0.39, 0.29) is 59.5 Å². The first-order chi connectivity index (χ1) is 20.0. The lowest BCUT2D eigenvalue weighted by molar-refractivity contribution is -0.192. The Labute approximate surface area is 252 Å². The SMILES string of the molecule is COc1cn(C(CCOC(C)C)C(=O)NC2(C)C=CC(C(=O)O)=CC2)c(=O)cc1C1=CC(Cl)=CCC1(C)OCC(F)(F)F. The highest BCUT2D eigenvalue weighted by Gasteiger charge is 2.39. The van der Waals surface area contributed by atoms with E-state index in [4.69, 9.17) is 25.8 Å². The molecule has 1 aromatic heterocycles. The third kappa shape index (κ3) is 8.84. The Balaban J connectivity index is 2.02. The lowest BCUT2D eigenvalue weighted by atomic mass is 9.83. The lowest BCUT2D eigenvalue weighted by Gasteiger charge is -2.35. The van der Waals surface area contributed by atoms with Crippen LogP contribution in [0, 0.1) is 0 Å². The molecule has 0 radical (unpaired) electrons. The molecular formula is C30H36ClF3N2O7. The van der Waals surface area contributed by atoms with Crippen molar-refractivity contribution in [2.45, 2.75) is 76.4 Å². The van der Waals surface area contributed by atoms with Gasteiger partial charge in [0.2, 0.25) is 5.91 Å². The number of hydrogen-bond donors (Lipinski definition) is 2. The van der Waals surface area contributed by atoms with E-state index < -0.39 is 47.4 Å². The highest BCUT2D eigenvalue weighted by Crippen LogP contribution is 2.42. The fraction of sp³-hybridized carbons (Fsp3) is 0.500. The van der Waals surface area contributed by atoms with E-state index in [2.05, 4.69) is 5.32 Å². The second-order valence-corrected chi connectivity index (χ2v) is 11.6. The van der Waals surface area contributed by atoms with Gasteiger partial charge in [-0.3, -0.25) is 14.2 Å². The number of carbonyl (C=O) groups is 2. The van der Waals surface area contributed by atoms with Crippen LogP contribution < -0.4 is 15.6 Å². The van der Waals surface area contributed by atoms with Crippen molar-refractivity contribution in [3.8, 4) is 5.75 Å². The number of aliphatic carboxylic acids is 1. The minimum atomic E-state index is -4.58. The number of allylic oxidation sites excluding steroid dienone is 2. The molecule has 0 bridgehead atoms. The summed E-state index contributed by atoms with van der Waals surface area (Å²) in [5.41, 5.74) is -2.53. The van der Waals surface area contributed by atoms with Crippen LogP contribution >= 0.6 is 11.6 Å². The van der Waals surface area contributed by atoms with E-state index in [9.17, 15) is 32.7 Å². The van der Waals surface area contributed by atoms with Gasteiger partial charge >= 0.3 is 12.1 Å². The molecule has 0 aromatic carbocycles. The maximum absolute atomic E-state index is 13.7. The summed E-state index contributed by atoms with van der Waals surface area (Å²) in [4.78, 5) is 38.6. The van der Waals surface area contributed by atoms with Crippen molar-refractivity contribution in [1.82, 2.24) is 9.88 Å². The van der Waals surface area contributed by atoms with Crippen LogP contribution in [-0.2, 0) is 19.1 Å². The number of carboxylic acid groups (broad SMARTS) is 1. The molecule has 236 valence electrons. The number of hydrogen-bond acceptors (Lipinski definition) is 6. The fourth-order valence-electron chi connectivity index (χ4n) is 4.80. The van der Waals surface area contributed by atoms with Gasteiger partial charge in [0.15, 0.2) is 0 Å². The Morgan fingerprint density at radius 2 is 1.91 bits per heavy atom. The molecule has 43 heavy (non-hydrogen) atoms. The minimum absolute atomic E-state index is 0.0156. The number of nitrogens with zero attached hydrogens (tertiary/aromatic N) is 1. The molecule has 2 aliphatic carbocycles. The third-order valence-corrected chi connectivity index (χ3v) is 7.42. The summed E-state index contributed by atoms with van der Waals surface area (Å²) in [7, 11) is 1.33. The number of carbonyl (C=O) groups excluding carboxylic acids is 1. The normalized spacial score (nSPS) is 22.9. The van der Waals surface area contributed by atoms with Crippen LogP contribution in [0.2, 0.25) is 0 Å². The molecule has 3 rings (SSSR count). The number of alkyl halides is 3. The van der Waals surface area contributed by atoms with Crippen molar-refractivity contribution in [2.24, 2.45) is 0 Å². The quantitative estimate of drug-likeness (QED) is 0.322. The smallest absolute Gasteiger partial charge is 0.411 e. The van der Waals surface area contributed by atoms with Gasteiger partial charge in [-0.15, -0.1) is 0 Å². The average molecular weight is 629 g/mol.